The zero-order chi connectivity index (χ0) is 17.9. The molecule has 0 aliphatic carbocycles. The van der Waals surface area contributed by atoms with Crippen molar-refractivity contribution in [2.75, 3.05) is 5.43 Å². The number of nitrogens with zero attached hydrogens (tertiary/aromatic N) is 3. The van der Waals surface area contributed by atoms with E-state index in [1.54, 1.807) is 6.21 Å². The van der Waals surface area contributed by atoms with Crippen molar-refractivity contribution in [3.05, 3.63) is 47.0 Å². The topological polar surface area (TPSA) is 74.2 Å². The van der Waals surface area contributed by atoms with Crippen LogP contribution in [0.1, 0.15) is 68.7 Å². The first-order valence-electron chi connectivity index (χ1n) is 9.04. The molecule has 0 saturated carbocycles. The van der Waals surface area contributed by atoms with Crippen LogP contribution in [0.4, 0.5) is 5.88 Å². The summed E-state index contributed by atoms with van der Waals surface area (Å²) in [6, 6.07) is 10.2. The standard InChI is InChI=1S/C20H26N4O/c1-3-5-6-7-8-9-19-23-18(14-21)20(25-19)24-22-15-17-12-10-16(4-2)11-13-17/h10-13,15,24H,3-9H2,1-2H3/b22-15+. The van der Waals surface area contributed by atoms with E-state index < -0.39 is 0 Å². The number of anilines is 1. The number of hydrazone groups is 1. The van der Waals surface area contributed by atoms with Crippen molar-refractivity contribution in [1.82, 2.24) is 4.98 Å². The smallest absolute Gasteiger partial charge is 0.252 e. The van der Waals surface area contributed by atoms with E-state index in [9.17, 15) is 5.26 Å². The van der Waals surface area contributed by atoms with Crippen LogP contribution in [0.25, 0.3) is 0 Å². The molecule has 2 aromatic rings. The molecule has 2 rings (SSSR count). The van der Waals surface area contributed by atoms with E-state index in [-0.39, 0.29) is 5.69 Å². The summed E-state index contributed by atoms with van der Waals surface area (Å²) in [4.78, 5) is 4.23. The molecule has 132 valence electrons. The minimum absolute atomic E-state index is 0.252. The molecule has 5 heteroatoms. The molecule has 1 aromatic heterocycles. The summed E-state index contributed by atoms with van der Waals surface area (Å²) in [6.07, 6.45) is 9.37. The monoisotopic (exact) mass is 338 g/mol. The second-order valence-corrected chi connectivity index (χ2v) is 6.03. The first kappa shape index (κ1) is 18.7. The zero-order valence-corrected chi connectivity index (χ0v) is 15.1. The van der Waals surface area contributed by atoms with E-state index in [4.69, 9.17) is 4.42 Å². The van der Waals surface area contributed by atoms with E-state index in [0.29, 0.717) is 11.8 Å². The molecular weight excluding hydrogens is 312 g/mol. The largest absolute Gasteiger partial charge is 0.422 e. The lowest BCUT2D eigenvalue weighted by Crippen LogP contribution is -1.91. The molecule has 1 heterocycles. The van der Waals surface area contributed by atoms with Gasteiger partial charge in [-0.15, -0.1) is 0 Å². The maximum atomic E-state index is 9.18. The fraction of sp³-hybridized carbons (Fsp3) is 0.450. The van der Waals surface area contributed by atoms with Crippen molar-refractivity contribution in [3.63, 3.8) is 0 Å². The van der Waals surface area contributed by atoms with Gasteiger partial charge in [-0.2, -0.15) is 10.4 Å². The van der Waals surface area contributed by atoms with Crippen molar-refractivity contribution in [2.24, 2.45) is 5.10 Å². The first-order valence-corrected chi connectivity index (χ1v) is 9.04. The van der Waals surface area contributed by atoms with E-state index in [1.165, 1.54) is 24.8 Å². The Bertz CT molecular complexity index is 710. The molecule has 0 saturated heterocycles. The van der Waals surface area contributed by atoms with Gasteiger partial charge < -0.3 is 4.42 Å². The molecule has 1 aromatic carbocycles. The highest BCUT2D eigenvalue weighted by atomic mass is 16.4. The number of hydrogen-bond acceptors (Lipinski definition) is 5. The van der Waals surface area contributed by atoms with Gasteiger partial charge in [0.25, 0.3) is 5.88 Å². The molecule has 0 bridgehead atoms. The van der Waals surface area contributed by atoms with Crippen molar-refractivity contribution in [1.29, 1.82) is 5.26 Å². The number of aryl methyl sites for hydroxylation is 2. The maximum Gasteiger partial charge on any atom is 0.252 e. The van der Waals surface area contributed by atoms with Crippen LogP contribution < -0.4 is 5.43 Å². The van der Waals surface area contributed by atoms with Crippen molar-refractivity contribution in [2.45, 2.75) is 58.8 Å². The fourth-order valence-corrected chi connectivity index (χ4v) is 2.51. The van der Waals surface area contributed by atoms with Gasteiger partial charge in [0, 0.05) is 6.42 Å². The molecule has 0 aliphatic rings. The maximum absolute atomic E-state index is 9.18. The number of benzene rings is 1. The lowest BCUT2D eigenvalue weighted by atomic mass is 10.1. The van der Waals surface area contributed by atoms with Crippen LogP contribution in [0.15, 0.2) is 33.8 Å². The van der Waals surface area contributed by atoms with Gasteiger partial charge in [-0.25, -0.2) is 10.4 Å². The minimum Gasteiger partial charge on any atom is -0.422 e. The van der Waals surface area contributed by atoms with Crippen LogP contribution in [-0.4, -0.2) is 11.2 Å². The predicted octanol–water partition coefficient (Wildman–Crippen LogP) is 5.07. The first-order chi connectivity index (χ1) is 12.3. The molecule has 0 aliphatic heterocycles. The Labute approximate surface area is 149 Å². The van der Waals surface area contributed by atoms with Crippen LogP contribution >= 0.6 is 0 Å². The van der Waals surface area contributed by atoms with E-state index in [0.717, 1.165) is 31.2 Å². The molecule has 0 spiro atoms. The van der Waals surface area contributed by atoms with Crippen LogP contribution in [0.3, 0.4) is 0 Å². The molecule has 25 heavy (non-hydrogen) atoms. The highest BCUT2D eigenvalue weighted by Crippen LogP contribution is 2.18. The molecular formula is C20H26N4O. The average molecular weight is 338 g/mol. The Balaban J connectivity index is 1.89. The molecule has 0 unspecified atom stereocenters. The molecule has 0 amide bonds. The fourth-order valence-electron chi connectivity index (χ4n) is 2.51. The second-order valence-electron chi connectivity index (χ2n) is 6.03. The number of oxazole rings is 1. The normalized spacial score (nSPS) is 10.9. The minimum atomic E-state index is 0.252. The Hall–Kier alpha value is -2.61. The average Bonchev–Trinajstić information content (AvgIpc) is 3.04. The van der Waals surface area contributed by atoms with Gasteiger partial charge in [0.2, 0.25) is 5.69 Å². The Morgan fingerprint density at radius 2 is 1.92 bits per heavy atom. The molecule has 0 radical (unpaired) electrons. The summed E-state index contributed by atoms with van der Waals surface area (Å²) in [5, 5.41) is 13.3. The number of hydrogen-bond donors (Lipinski definition) is 1. The summed E-state index contributed by atoms with van der Waals surface area (Å²) in [5.41, 5.74) is 5.31. The van der Waals surface area contributed by atoms with Crippen molar-refractivity contribution in [3.8, 4) is 6.07 Å². The lowest BCUT2D eigenvalue weighted by Gasteiger charge is -1.98. The van der Waals surface area contributed by atoms with Crippen LogP contribution in [0.2, 0.25) is 0 Å². The van der Waals surface area contributed by atoms with Crippen LogP contribution in [0, 0.1) is 11.3 Å². The number of nitrogens with one attached hydrogen (secondary N) is 1. The van der Waals surface area contributed by atoms with E-state index >= 15 is 0 Å². The number of aromatic nitrogens is 1. The third-order valence-corrected chi connectivity index (χ3v) is 4.04. The van der Waals surface area contributed by atoms with Crippen molar-refractivity contribution >= 4 is 12.1 Å². The number of unbranched alkanes of at least 4 members (excludes halogenated alkanes) is 4. The van der Waals surface area contributed by atoms with E-state index in [2.05, 4.69) is 41.5 Å². The van der Waals surface area contributed by atoms with Crippen molar-refractivity contribution < 1.29 is 4.42 Å². The molecule has 1 N–H and O–H groups in total. The Morgan fingerprint density at radius 3 is 2.60 bits per heavy atom. The Morgan fingerprint density at radius 1 is 1.16 bits per heavy atom. The molecule has 5 nitrogen and oxygen atoms in total. The van der Waals surface area contributed by atoms with E-state index in [1.807, 2.05) is 18.2 Å². The summed E-state index contributed by atoms with van der Waals surface area (Å²) in [6.45, 7) is 4.32. The predicted molar refractivity (Wildman–Crippen MR) is 101 cm³/mol. The van der Waals surface area contributed by atoms with Crippen LogP contribution in [-0.2, 0) is 12.8 Å². The summed E-state index contributed by atoms with van der Waals surface area (Å²) < 4.78 is 5.63. The van der Waals surface area contributed by atoms with Gasteiger partial charge >= 0.3 is 0 Å². The molecule has 0 fully saturated rings. The number of rotatable bonds is 10. The molecule has 0 atom stereocenters. The SMILES string of the molecule is CCCCCCCc1nc(C#N)c(N/N=C/c2ccc(CC)cc2)o1. The summed E-state index contributed by atoms with van der Waals surface area (Å²) in [7, 11) is 0. The van der Waals surface area contributed by atoms with Gasteiger partial charge in [0.15, 0.2) is 5.89 Å². The highest BCUT2D eigenvalue weighted by Gasteiger charge is 2.12. The van der Waals surface area contributed by atoms with Gasteiger partial charge in [0.1, 0.15) is 6.07 Å². The zero-order valence-electron chi connectivity index (χ0n) is 15.1. The van der Waals surface area contributed by atoms with Gasteiger partial charge in [0.05, 0.1) is 6.21 Å². The Kier molecular flexibility index (Phi) is 7.71. The lowest BCUT2D eigenvalue weighted by molar-refractivity contribution is 0.488. The van der Waals surface area contributed by atoms with Crippen LogP contribution in [0.5, 0.6) is 0 Å². The van der Waals surface area contributed by atoms with Gasteiger partial charge in [-0.05, 0) is 24.0 Å². The van der Waals surface area contributed by atoms with Gasteiger partial charge in [-0.3, -0.25) is 0 Å². The third-order valence-electron chi connectivity index (χ3n) is 4.04. The summed E-state index contributed by atoms with van der Waals surface area (Å²) >= 11 is 0. The van der Waals surface area contributed by atoms with Gasteiger partial charge in [-0.1, -0.05) is 63.8 Å². The second kappa shape index (κ2) is 10.3. The third kappa shape index (κ3) is 6.07. The number of nitriles is 1. The highest BCUT2D eigenvalue weighted by molar-refractivity contribution is 5.80. The summed E-state index contributed by atoms with van der Waals surface area (Å²) in [5.74, 6) is 0.908. The quantitative estimate of drug-likeness (QED) is 0.373.